The van der Waals surface area contributed by atoms with E-state index in [2.05, 4.69) is 25.3 Å². The maximum absolute atomic E-state index is 11.7. The highest BCUT2D eigenvalue weighted by Crippen LogP contribution is 2.13. The first-order chi connectivity index (χ1) is 9.22. The fraction of sp³-hybridized carbons (Fsp3) is 0.583. The number of H-pyrrole nitrogens is 2. The SMILES string of the molecule is Nc1nc2nc(CCC3CCCCN3)[nH]c2c(=O)[nH]1. The van der Waals surface area contributed by atoms with Gasteiger partial charge < -0.3 is 16.0 Å². The van der Waals surface area contributed by atoms with Crippen LogP contribution in [0.2, 0.25) is 0 Å². The van der Waals surface area contributed by atoms with Crippen LogP contribution in [0.4, 0.5) is 5.95 Å². The van der Waals surface area contributed by atoms with Gasteiger partial charge in [0, 0.05) is 12.5 Å². The summed E-state index contributed by atoms with van der Waals surface area (Å²) in [6, 6.07) is 0.554. The molecule has 0 aromatic carbocycles. The molecule has 5 N–H and O–H groups in total. The zero-order valence-corrected chi connectivity index (χ0v) is 10.7. The molecule has 1 aliphatic rings. The van der Waals surface area contributed by atoms with Gasteiger partial charge in [-0.3, -0.25) is 9.78 Å². The lowest BCUT2D eigenvalue weighted by molar-refractivity contribution is 0.381. The van der Waals surface area contributed by atoms with Crippen LogP contribution in [0.1, 0.15) is 31.5 Å². The number of hydrogen-bond donors (Lipinski definition) is 4. The van der Waals surface area contributed by atoms with Gasteiger partial charge in [0.1, 0.15) is 5.82 Å². The van der Waals surface area contributed by atoms with Gasteiger partial charge in [-0.05, 0) is 25.8 Å². The summed E-state index contributed by atoms with van der Waals surface area (Å²) in [6.45, 7) is 1.10. The van der Waals surface area contributed by atoms with E-state index in [1.54, 1.807) is 0 Å². The van der Waals surface area contributed by atoms with Crippen LogP contribution in [0.25, 0.3) is 11.2 Å². The Morgan fingerprint density at radius 3 is 2.95 bits per heavy atom. The van der Waals surface area contributed by atoms with Gasteiger partial charge >= 0.3 is 0 Å². The van der Waals surface area contributed by atoms with E-state index in [4.69, 9.17) is 5.73 Å². The Labute approximate surface area is 110 Å². The Morgan fingerprint density at radius 1 is 1.26 bits per heavy atom. The van der Waals surface area contributed by atoms with E-state index in [1.165, 1.54) is 19.3 Å². The molecule has 1 unspecified atom stereocenters. The third-order valence-corrected chi connectivity index (χ3v) is 3.57. The van der Waals surface area contributed by atoms with Crippen LogP contribution in [-0.4, -0.2) is 32.5 Å². The molecule has 1 aliphatic heterocycles. The summed E-state index contributed by atoms with van der Waals surface area (Å²) < 4.78 is 0. The van der Waals surface area contributed by atoms with E-state index in [9.17, 15) is 4.79 Å². The molecule has 1 fully saturated rings. The van der Waals surface area contributed by atoms with Gasteiger partial charge in [0.05, 0.1) is 0 Å². The van der Waals surface area contributed by atoms with Crippen molar-refractivity contribution in [2.45, 2.75) is 38.1 Å². The monoisotopic (exact) mass is 262 g/mol. The van der Waals surface area contributed by atoms with Gasteiger partial charge in [0.2, 0.25) is 5.95 Å². The minimum absolute atomic E-state index is 0.101. The molecule has 3 heterocycles. The minimum Gasteiger partial charge on any atom is -0.369 e. The molecular weight excluding hydrogens is 244 g/mol. The second kappa shape index (κ2) is 5.00. The average Bonchev–Trinajstić information content (AvgIpc) is 2.81. The lowest BCUT2D eigenvalue weighted by Gasteiger charge is -2.22. The molecule has 7 nitrogen and oxygen atoms in total. The van der Waals surface area contributed by atoms with E-state index < -0.39 is 0 Å². The number of nitrogens with two attached hydrogens (primary N) is 1. The minimum atomic E-state index is -0.267. The standard InChI is InChI=1S/C12H18N6O/c13-12-17-10-9(11(19)18-12)15-8(16-10)5-4-7-3-1-2-6-14-7/h7,14H,1-6H2,(H4,13,15,16,17,18,19). The van der Waals surface area contributed by atoms with Crippen LogP contribution >= 0.6 is 0 Å². The summed E-state index contributed by atoms with van der Waals surface area (Å²) in [5.41, 5.74) is 6.03. The van der Waals surface area contributed by atoms with Crippen molar-refractivity contribution in [3.8, 4) is 0 Å². The second-order valence-corrected chi connectivity index (χ2v) is 5.02. The fourth-order valence-corrected chi connectivity index (χ4v) is 2.57. The molecule has 0 spiro atoms. The van der Waals surface area contributed by atoms with Crippen molar-refractivity contribution in [3.05, 3.63) is 16.2 Å². The van der Waals surface area contributed by atoms with Gasteiger partial charge in [-0.2, -0.15) is 4.98 Å². The Morgan fingerprint density at radius 2 is 2.16 bits per heavy atom. The highest BCUT2D eigenvalue weighted by Gasteiger charge is 2.14. The number of hydrogen-bond acceptors (Lipinski definition) is 5. The first-order valence-corrected chi connectivity index (χ1v) is 6.70. The average molecular weight is 262 g/mol. The largest absolute Gasteiger partial charge is 0.369 e. The van der Waals surface area contributed by atoms with E-state index in [0.717, 1.165) is 25.2 Å². The number of aromatic nitrogens is 4. The molecule has 2 aromatic rings. The van der Waals surface area contributed by atoms with Gasteiger partial charge in [-0.1, -0.05) is 6.42 Å². The van der Waals surface area contributed by atoms with E-state index in [0.29, 0.717) is 17.2 Å². The third-order valence-electron chi connectivity index (χ3n) is 3.57. The van der Waals surface area contributed by atoms with Crippen LogP contribution in [-0.2, 0) is 6.42 Å². The molecule has 7 heteroatoms. The second-order valence-electron chi connectivity index (χ2n) is 5.02. The molecule has 0 aliphatic carbocycles. The zero-order chi connectivity index (χ0) is 13.2. The highest BCUT2D eigenvalue weighted by molar-refractivity contribution is 5.70. The molecule has 1 atom stereocenters. The summed E-state index contributed by atoms with van der Waals surface area (Å²) >= 11 is 0. The number of anilines is 1. The summed E-state index contributed by atoms with van der Waals surface area (Å²) in [7, 11) is 0. The lowest BCUT2D eigenvalue weighted by Crippen LogP contribution is -2.34. The molecule has 0 saturated carbocycles. The van der Waals surface area contributed by atoms with Crippen LogP contribution in [0.3, 0.4) is 0 Å². The molecule has 2 aromatic heterocycles. The van der Waals surface area contributed by atoms with Crippen molar-refractivity contribution in [2.75, 3.05) is 12.3 Å². The Kier molecular flexibility index (Phi) is 3.20. The summed E-state index contributed by atoms with van der Waals surface area (Å²) in [6.07, 6.45) is 5.60. The number of aryl methyl sites for hydroxylation is 1. The number of rotatable bonds is 3. The number of aromatic amines is 2. The van der Waals surface area contributed by atoms with Crippen molar-refractivity contribution in [1.82, 2.24) is 25.3 Å². The molecule has 0 radical (unpaired) electrons. The van der Waals surface area contributed by atoms with Crippen molar-refractivity contribution < 1.29 is 0 Å². The predicted octanol–water partition coefficient (Wildman–Crippen LogP) is 0.303. The molecule has 1 saturated heterocycles. The van der Waals surface area contributed by atoms with Gasteiger partial charge in [0.25, 0.3) is 5.56 Å². The van der Waals surface area contributed by atoms with Crippen molar-refractivity contribution in [1.29, 1.82) is 0 Å². The smallest absolute Gasteiger partial charge is 0.278 e. The fourth-order valence-electron chi connectivity index (χ4n) is 2.57. The van der Waals surface area contributed by atoms with Crippen LogP contribution < -0.4 is 16.6 Å². The van der Waals surface area contributed by atoms with E-state index in [-0.39, 0.29) is 11.5 Å². The number of nitrogen functional groups attached to an aromatic ring is 1. The zero-order valence-electron chi connectivity index (χ0n) is 10.7. The van der Waals surface area contributed by atoms with E-state index in [1.807, 2.05) is 0 Å². The van der Waals surface area contributed by atoms with Crippen LogP contribution in [0.15, 0.2) is 4.79 Å². The first kappa shape index (κ1) is 12.2. The maximum atomic E-state index is 11.7. The normalized spacial score (nSPS) is 19.9. The van der Waals surface area contributed by atoms with Crippen molar-refractivity contribution >= 4 is 17.1 Å². The quantitative estimate of drug-likeness (QED) is 0.635. The molecule has 19 heavy (non-hydrogen) atoms. The topological polar surface area (TPSA) is 112 Å². The molecule has 0 amide bonds. The lowest BCUT2D eigenvalue weighted by atomic mass is 10.0. The number of nitrogens with one attached hydrogen (secondary N) is 3. The highest BCUT2D eigenvalue weighted by atomic mass is 16.1. The van der Waals surface area contributed by atoms with Gasteiger partial charge in [-0.15, -0.1) is 0 Å². The van der Waals surface area contributed by atoms with Gasteiger partial charge in [-0.25, -0.2) is 4.98 Å². The van der Waals surface area contributed by atoms with Crippen molar-refractivity contribution in [3.63, 3.8) is 0 Å². The number of imidazole rings is 1. The first-order valence-electron chi connectivity index (χ1n) is 6.70. The van der Waals surface area contributed by atoms with Gasteiger partial charge in [0.15, 0.2) is 11.2 Å². The molecule has 102 valence electrons. The number of fused-ring (bicyclic) bond motifs is 1. The molecule has 0 bridgehead atoms. The van der Waals surface area contributed by atoms with Crippen molar-refractivity contribution in [2.24, 2.45) is 0 Å². The molecule has 3 rings (SSSR count). The molecular formula is C12H18N6O. The summed E-state index contributed by atoms with van der Waals surface area (Å²) in [4.78, 5) is 25.5. The van der Waals surface area contributed by atoms with Crippen LogP contribution in [0, 0.1) is 0 Å². The summed E-state index contributed by atoms with van der Waals surface area (Å²) in [5.74, 6) is 0.899. The number of piperidine rings is 1. The Hall–Kier alpha value is -1.89. The predicted molar refractivity (Wildman–Crippen MR) is 72.9 cm³/mol. The Bertz CT molecular complexity index is 625. The van der Waals surface area contributed by atoms with E-state index >= 15 is 0 Å². The Balaban J connectivity index is 1.74. The van der Waals surface area contributed by atoms with Crippen LogP contribution in [0.5, 0.6) is 0 Å². The maximum Gasteiger partial charge on any atom is 0.278 e. The third kappa shape index (κ3) is 2.60. The number of nitrogens with zero attached hydrogens (tertiary/aromatic N) is 2. The summed E-state index contributed by atoms with van der Waals surface area (Å²) in [5, 5.41) is 3.50.